The molecule has 1 amide bonds. The van der Waals surface area contributed by atoms with Gasteiger partial charge in [-0.05, 0) is 61.7 Å². The third-order valence-electron chi connectivity index (χ3n) is 3.84. The zero-order chi connectivity index (χ0) is 20.0. The third kappa shape index (κ3) is 6.00. The fourth-order valence-electron chi connectivity index (χ4n) is 2.24. The minimum Gasteiger partial charge on any atom is -0.479 e. The number of halogens is 1. The van der Waals surface area contributed by atoms with Crippen LogP contribution in [0.3, 0.4) is 0 Å². The van der Waals surface area contributed by atoms with Crippen LogP contribution >= 0.6 is 11.6 Å². The van der Waals surface area contributed by atoms with E-state index in [0.717, 1.165) is 5.56 Å². The molecule has 2 aromatic rings. The molecule has 0 spiro atoms. The summed E-state index contributed by atoms with van der Waals surface area (Å²) in [4.78, 5) is 24.3. The van der Waals surface area contributed by atoms with E-state index < -0.39 is 12.1 Å². The molecule has 0 saturated carbocycles. The molecule has 5 nitrogen and oxygen atoms in total. The van der Waals surface area contributed by atoms with Gasteiger partial charge in [-0.25, -0.2) is 4.79 Å². The number of carbonyl (C=O) groups excluding carboxylic acids is 2. The van der Waals surface area contributed by atoms with Crippen LogP contribution in [0.1, 0.15) is 36.7 Å². The van der Waals surface area contributed by atoms with Crippen LogP contribution in [-0.2, 0) is 9.53 Å². The first kappa shape index (κ1) is 20.8. The molecule has 27 heavy (non-hydrogen) atoms. The third-order valence-corrected chi connectivity index (χ3v) is 4.25. The smallest absolute Gasteiger partial charge is 0.347 e. The number of esters is 1. The maximum atomic E-state index is 12.4. The van der Waals surface area contributed by atoms with E-state index in [1.165, 1.54) is 0 Å². The lowest BCUT2D eigenvalue weighted by Gasteiger charge is -2.15. The summed E-state index contributed by atoms with van der Waals surface area (Å²) >= 11 is 6.07. The van der Waals surface area contributed by atoms with Gasteiger partial charge in [-0.1, -0.05) is 31.5 Å². The molecule has 144 valence electrons. The molecule has 0 aliphatic carbocycles. The highest BCUT2D eigenvalue weighted by Crippen LogP contribution is 2.24. The molecular formula is C21H24ClNO4. The van der Waals surface area contributed by atoms with Gasteiger partial charge in [0.25, 0.3) is 5.91 Å². The number of anilines is 1. The second kappa shape index (κ2) is 9.42. The van der Waals surface area contributed by atoms with Gasteiger partial charge in [0.05, 0.1) is 6.61 Å². The highest BCUT2D eigenvalue weighted by Gasteiger charge is 2.17. The van der Waals surface area contributed by atoms with Gasteiger partial charge in [0, 0.05) is 16.3 Å². The number of benzene rings is 2. The van der Waals surface area contributed by atoms with Crippen molar-refractivity contribution in [1.82, 2.24) is 0 Å². The van der Waals surface area contributed by atoms with Crippen LogP contribution < -0.4 is 10.1 Å². The molecule has 0 saturated heterocycles. The minimum absolute atomic E-state index is 0.253. The Labute approximate surface area is 164 Å². The number of rotatable bonds is 7. The predicted molar refractivity (Wildman–Crippen MR) is 106 cm³/mol. The second-order valence-corrected chi connectivity index (χ2v) is 7.08. The van der Waals surface area contributed by atoms with Crippen LogP contribution in [0.2, 0.25) is 5.02 Å². The number of carbonyl (C=O) groups is 2. The van der Waals surface area contributed by atoms with Gasteiger partial charge in [-0.2, -0.15) is 0 Å². The molecular weight excluding hydrogens is 366 g/mol. The lowest BCUT2D eigenvalue weighted by atomic mass is 10.1. The Bertz CT molecular complexity index is 802. The van der Waals surface area contributed by atoms with E-state index >= 15 is 0 Å². The second-order valence-electron chi connectivity index (χ2n) is 6.67. The van der Waals surface area contributed by atoms with Crippen molar-refractivity contribution in [3.05, 3.63) is 58.6 Å². The van der Waals surface area contributed by atoms with Crippen molar-refractivity contribution < 1.29 is 19.1 Å². The summed E-state index contributed by atoms with van der Waals surface area (Å²) in [7, 11) is 0. The van der Waals surface area contributed by atoms with Crippen molar-refractivity contribution in [2.24, 2.45) is 5.92 Å². The lowest BCUT2D eigenvalue weighted by molar-refractivity contribution is -0.152. The molecule has 0 heterocycles. The maximum Gasteiger partial charge on any atom is 0.347 e. The minimum atomic E-state index is -0.725. The first-order chi connectivity index (χ1) is 12.8. The van der Waals surface area contributed by atoms with Crippen LogP contribution in [0.25, 0.3) is 0 Å². The Kier molecular flexibility index (Phi) is 7.25. The fraction of sp³-hybridized carbons (Fsp3) is 0.333. The normalized spacial score (nSPS) is 11.8. The van der Waals surface area contributed by atoms with Gasteiger partial charge in [-0.15, -0.1) is 0 Å². The number of hydrogen-bond acceptors (Lipinski definition) is 4. The zero-order valence-corrected chi connectivity index (χ0v) is 16.7. The number of nitrogens with one attached hydrogen (secondary N) is 1. The summed E-state index contributed by atoms with van der Waals surface area (Å²) in [6, 6.07) is 11.9. The molecule has 2 aromatic carbocycles. The molecule has 2 rings (SSSR count). The molecule has 0 bridgehead atoms. The zero-order valence-electron chi connectivity index (χ0n) is 15.9. The average Bonchev–Trinajstić information content (AvgIpc) is 2.63. The molecule has 0 radical (unpaired) electrons. The van der Waals surface area contributed by atoms with Gasteiger partial charge in [0.15, 0.2) is 6.10 Å². The summed E-state index contributed by atoms with van der Waals surface area (Å²) < 4.78 is 10.7. The quantitative estimate of drug-likeness (QED) is 0.686. The van der Waals surface area contributed by atoms with E-state index in [4.69, 9.17) is 21.1 Å². The van der Waals surface area contributed by atoms with E-state index in [1.54, 1.807) is 49.4 Å². The van der Waals surface area contributed by atoms with Crippen molar-refractivity contribution in [2.75, 3.05) is 11.9 Å². The summed E-state index contributed by atoms with van der Waals surface area (Å²) in [5.41, 5.74) is 1.94. The highest BCUT2D eigenvalue weighted by atomic mass is 35.5. The van der Waals surface area contributed by atoms with Crippen molar-refractivity contribution in [3.63, 3.8) is 0 Å². The molecule has 1 N–H and O–H groups in total. The van der Waals surface area contributed by atoms with E-state index in [9.17, 15) is 9.59 Å². The van der Waals surface area contributed by atoms with E-state index in [0.29, 0.717) is 28.6 Å². The number of hydrogen-bond donors (Lipinski definition) is 1. The van der Waals surface area contributed by atoms with Gasteiger partial charge < -0.3 is 14.8 Å². The molecule has 0 fully saturated rings. The Balaban J connectivity index is 1.97. The van der Waals surface area contributed by atoms with Crippen LogP contribution in [-0.4, -0.2) is 24.6 Å². The van der Waals surface area contributed by atoms with Gasteiger partial charge in [-0.3, -0.25) is 4.79 Å². The Morgan fingerprint density at radius 3 is 2.37 bits per heavy atom. The monoisotopic (exact) mass is 389 g/mol. The van der Waals surface area contributed by atoms with Gasteiger partial charge >= 0.3 is 5.97 Å². The summed E-state index contributed by atoms with van der Waals surface area (Å²) in [6.07, 6.45) is -0.725. The molecule has 0 aliphatic rings. The number of amides is 1. The number of ether oxygens (including phenoxy) is 2. The molecule has 0 aliphatic heterocycles. The Morgan fingerprint density at radius 1 is 1.07 bits per heavy atom. The van der Waals surface area contributed by atoms with Crippen LogP contribution in [0.15, 0.2) is 42.5 Å². The van der Waals surface area contributed by atoms with E-state index in [1.807, 2.05) is 20.8 Å². The summed E-state index contributed by atoms with van der Waals surface area (Å²) in [5, 5.41) is 3.43. The lowest BCUT2D eigenvalue weighted by Crippen LogP contribution is -2.27. The van der Waals surface area contributed by atoms with Crippen molar-refractivity contribution in [1.29, 1.82) is 0 Å². The van der Waals surface area contributed by atoms with Crippen molar-refractivity contribution in [2.45, 2.75) is 33.8 Å². The maximum absolute atomic E-state index is 12.4. The van der Waals surface area contributed by atoms with Crippen LogP contribution in [0, 0.1) is 12.8 Å². The van der Waals surface area contributed by atoms with Crippen molar-refractivity contribution >= 4 is 29.2 Å². The molecule has 1 atom stereocenters. The summed E-state index contributed by atoms with van der Waals surface area (Å²) in [6.45, 7) is 7.76. The molecule has 0 aromatic heterocycles. The largest absolute Gasteiger partial charge is 0.479 e. The van der Waals surface area contributed by atoms with Gasteiger partial charge in [0.1, 0.15) is 5.75 Å². The standard InChI is InChI=1S/C21H24ClNO4/c1-13(2)12-26-21(25)15(4)27-17-10-8-16(9-11-17)20(24)23-19-7-5-6-18(22)14(19)3/h5-11,13,15H,12H2,1-4H3,(H,23,24)/t15-/m1/s1. The topological polar surface area (TPSA) is 64.6 Å². The van der Waals surface area contributed by atoms with Crippen LogP contribution in [0.4, 0.5) is 5.69 Å². The first-order valence-corrected chi connectivity index (χ1v) is 9.15. The fourth-order valence-corrected chi connectivity index (χ4v) is 2.42. The van der Waals surface area contributed by atoms with E-state index in [2.05, 4.69) is 5.32 Å². The predicted octanol–water partition coefficient (Wildman–Crippen LogP) is 4.87. The van der Waals surface area contributed by atoms with Gasteiger partial charge in [0.2, 0.25) is 0 Å². The first-order valence-electron chi connectivity index (χ1n) is 8.77. The Morgan fingerprint density at radius 2 is 1.74 bits per heavy atom. The van der Waals surface area contributed by atoms with Crippen molar-refractivity contribution in [3.8, 4) is 5.75 Å². The van der Waals surface area contributed by atoms with Crippen LogP contribution in [0.5, 0.6) is 5.75 Å². The average molecular weight is 390 g/mol. The van der Waals surface area contributed by atoms with E-state index in [-0.39, 0.29) is 11.8 Å². The molecule has 6 heteroatoms. The molecule has 0 unspecified atom stereocenters. The summed E-state index contributed by atoms with van der Waals surface area (Å²) in [5.74, 6) is 0.0832. The highest BCUT2D eigenvalue weighted by molar-refractivity contribution is 6.31. The SMILES string of the molecule is Cc1c(Cl)cccc1NC(=O)c1ccc(O[C@H](C)C(=O)OCC(C)C)cc1. The Hall–Kier alpha value is -2.53.